The van der Waals surface area contributed by atoms with E-state index in [1.165, 1.54) is 5.54 Å². The maximum absolute atomic E-state index is 11.0. The van der Waals surface area contributed by atoms with Gasteiger partial charge in [-0.05, 0) is 31.6 Å². The van der Waals surface area contributed by atoms with Crippen LogP contribution in [-0.2, 0) is 0 Å². The number of carbonyl (C=O) groups is 1. The van der Waals surface area contributed by atoms with Crippen molar-refractivity contribution in [3.05, 3.63) is 40.4 Å². The van der Waals surface area contributed by atoms with Crippen molar-refractivity contribution in [2.24, 2.45) is 0 Å². The van der Waals surface area contributed by atoms with Crippen LogP contribution in [0.15, 0.2) is 29.3 Å². The quantitative estimate of drug-likeness (QED) is 0.879. The molecule has 0 aliphatic carbocycles. The molecule has 0 heterocycles. The van der Waals surface area contributed by atoms with Gasteiger partial charge < -0.3 is 9.84 Å². The number of aryl methyl sites for hydroxylation is 1. The summed E-state index contributed by atoms with van der Waals surface area (Å²) in [6.07, 6.45) is 0. The van der Waals surface area contributed by atoms with Crippen molar-refractivity contribution in [1.29, 1.82) is 0 Å². The molecule has 0 unspecified atom stereocenters. The first-order valence-corrected chi connectivity index (χ1v) is 5.21. The van der Waals surface area contributed by atoms with Gasteiger partial charge in [-0.25, -0.2) is 4.79 Å². The average molecular weight is 241 g/mol. The Bertz CT molecular complexity index is 424. The molecule has 0 saturated heterocycles. The summed E-state index contributed by atoms with van der Waals surface area (Å²) in [6, 6.07) is 5.04. The van der Waals surface area contributed by atoms with Gasteiger partial charge in [0.15, 0.2) is 0 Å². The summed E-state index contributed by atoms with van der Waals surface area (Å²) in [5.74, 6) is -0.637. The Morgan fingerprint density at radius 1 is 1.56 bits per heavy atom. The van der Waals surface area contributed by atoms with Crippen LogP contribution in [0.4, 0.5) is 0 Å². The van der Waals surface area contributed by atoms with E-state index in [-0.39, 0.29) is 12.2 Å². The van der Waals surface area contributed by atoms with E-state index in [0.29, 0.717) is 5.75 Å². The number of carboxylic acid groups (broad SMARTS) is 1. The van der Waals surface area contributed by atoms with Gasteiger partial charge in [-0.3, -0.25) is 0 Å². The molecule has 1 aromatic carbocycles. The van der Waals surface area contributed by atoms with E-state index < -0.39 is 5.97 Å². The number of halogens is 1. The van der Waals surface area contributed by atoms with Crippen LogP contribution in [0.25, 0.3) is 0 Å². The molecule has 1 aromatic rings. The second-order valence-electron chi connectivity index (χ2n) is 3.55. The zero-order valence-electron chi connectivity index (χ0n) is 9.16. The minimum Gasteiger partial charge on any atom is -0.488 e. The van der Waals surface area contributed by atoms with E-state index in [1.54, 1.807) is 12.1 Å². The lowest BCUT2D eigenvalue weighted by Gasteiger charge is -2.09. The molecule has 0 aromatic heterocycles. The fourth-order valence-corrected chi connectivity index (χ4v) is 1.22. The topological polar surface area (TPSA) is 46.5 Å². The Labute approximate surface area is 99.3 Å². The zero-order chi connectivity index (χ0) is 12.1. The Hall–Kier alpha value is -1.48. The smallest absolute Gasteiger partial charge is 0.339 e. The maximum atomic E-state index is 11.0. The van der Waals surface area contributed by atoms with Gasteiger partial charge >= 0.3 is 5.97 Å². The van der Waals surface area contributed by atoms with Crippen molar-refractivity contribution in [1.82, 2.24) is 0 Å². The molecular formula is C12H13ClO3. The fourth-order valence-electron chi connectivity index (χ4n) is 1.16. The first kappa shape index (κ1) is 12.6. The van der Waals surface area contributed by atoms with Crippen LogP contribution in [0.1, 0.15) is 22.8 Å². The molecule has 3 nitrogen and oxygen atoms in total. The molecule has 16 heavy (non-hydrogen) atoms. The summed E-state index contributed by atoms with van der Waals surface area (Å²) in [5, 5.41) is 8.99. The SMILES string of the molecule is C/C(=C/Cl)COc1ccc(C)cc1C(=O)O. The van der Waals surface area contributed by atoms with Crippen molar-refractivity contribution in [3.63, 3.8) is 0 Å². The molecule has 0 radical (unpaired) electrons. The van der Waals surface area contributed by atoms with Gasteiger partial charge in [0.1, 0.15) is 17.9 Å². The normalized spacial score (nSPS) is 11.3. The second-order valence-corrected chi connectivity index (χ2v) is 3.77. The first-order chi connectivity index (χ1) is 7.54. The number of ether oxygens (including phenoxy) is 1. The van der Waals surface area contributed by atoms with Gasteiger partial charge in [0.2, 0.25) is 0 Å². The summed E-state index contributed by atoms with van der Waals surface area (Å²) in [4.78, 5) is 11.0. The molecule has 86 valence electrons. The average Bonchev–Trinajstić information content (AvgIpc) is 2.26. The van der Waals surface area contributed by atoms with Crippen LogP contribution in [0, 0.1) is 6.92 Å². The number of carboxylic acids is 1. The third kappa shape index (κ3) is 3.28. The van der Waals surface area contributed by atoms with Crippen LogP contribution >= 0.6 is 11.6 Å². The highest BCUT2D eigenvalue weighted by Crippen LogP contribution is 2.20. The van der Waals surface area contributed by atoms with Crippen LogP contribution < -0.4 is 4.74 Å². The molecule has 0 spiro atoms. The third-order valence-electron chi connectivity index (χ3n) is 2.01. The number of hydrogen-bond donors (Lipinski definition) is 1. The number of rotatable bonds is 4. The van der Waals surface area contributed by atoms with Crippen LogP contribution in [-0.4, -0.2) is 17.7 Å². The standard InChI is InChI=1S/C12H13ClO3/c1-8-3-4-11(10(5-8)12(14)15)16-7-9(2)6-13/h3-6H,7H2,1-2H3,(H,14,15)/b9-6-. The van der Waals surface area contributed by atoms with E-state index in [9.17, 15) is 4.79 Å². The minimum absolute atomic E-state index is 0.169. The number of aromatic carboxylic acids is 1. The highest BCUT2D eigenvalue weighted by Gasteiger charge is 2.11. The maximum Gasteiger partial charge on any atom is 0.339 e. The predicted molar refractivity (Wildman–Crippen MR) is 63.2 cm³/mol. The van der Waals surface area contributed by atoms with Gasteiger partial charge in [-0.2, -0.15) is 0 Å². The molecule has 1 rings (SSSR count). The number of benzene rings is 1. The van der Waals surface area contributed by atoms with E-state index in [0.717, 1.165) is 11.1 Å². The zero-order valence-corrected chi connectivity index (χ0v) is 9.91. The Kier molecular flexibility index (Phi) is 4.38. The molecule has 4 heteroatoms. The number of hydrogen-bond acceptors (Lipinski definition) is 2. The van der Waals surface area contributed by atoms with Gasteiger partial charge in [0.25, 0.3) is 0 Å². The fraction of sp³-hybridized carbons (Fsp3) is 0.250. The Morgan fingerprint density at radius 3 is 2.81 bits per heavy atom. The predicted octanol–water partition coefficient (Wildman–Crippen LogP) is 3.21. The Balaban J connectivity index is 2.91. The lowest BCUT2D eigenvalue weighted by Crippen LogP contribution is -2.05. The van der Waals surface area contributed by atoms with Crippen LogP contribution in [0.2, 0.25) is 0 Å². The van der Waals surface area contributed by atoms with Crippen molar-refractivity contribution >= 4 is 17.6 Å². The van der Waals surface area contributed by atoms with Crippen molar-refractivity contribution in [2.45, 2.75) is 13.8 Å². The second kappa shape index (κ2) is 5.56. The van der Waals surface area contributed by atoms with E-state index in [2.05, 4.69) is 0 Å². The van der Waals surface area contributed by atoms with Crippen molar-refractivity contribution < 1.29 is 14.6 Å². The third-order valence-corrected chi connectivity index (χ3v) is 2.38. The lowest BCUT2D eigenvalue weighted by atomic mass is 10.1. The molecule has 1 N–H and O–H groups in total. The summed E-state index contributed by atoms with van der Waals surface area (Å²) < 4.78 is 5.37. The first-order valence-electron chi connectivity index (χ1n) is 4.77. The summed E-state index contributed by atoms with van der Waals surface area (Å²) >= 11 is 5.49. The molecule has 0 aliphatic heterocycles. The van der Waals surface area contributed by atoms with E-state index in [4.69, 9.17) is 21.4 Å². The molecule has 0 bridgehead atoms. The summed E-state index contributed by atoms with van der Waals surface area (Å²) in [5.41, 5.74) is 3.30. The molecule has 0 aliphatic rings. The minimum atomic E-state index is -0.994. The summed E-state index contributed by atoms with van der Waals surface area (Å²) in [7, 11) is 0. The molecular weight excluding hydrogens is 228 g/mol. The Morgan fingerprint density at radius 2 is 2.25 bits per heavy atom. The van der Waals surface area contributed by atoms with Gasteiger partial charge in [0, 0.05) is 5.54 Å². The molecule has 0 saturated carbocycles. The van der Waals surface area contributed by atoms with E-state index >= 15 is 0 Å². The van der Waals surface area contributed by atoms with Crippen molar-refractivity contribution in [3.8, 4) is 5.75 Å². The monoisotopic (exact) mass is 240 g/mol. The van der Waals surface area contributed by atoms with Gasteiger partial charge in [0.05, 0.1) is 0 Å². The molecule has 0 fully saturated rings. The molecule has 0 atom stereocenters. The van der Waals surface area contributed by atoms with Crippen molar-refractivity contribution in [2.75, 3.05) is 6.61 Å². The van der Waals surface area contributed by atoms with E-state index in [1.807, 2.05) is 19.9 Å². The van der Waals surface area contributed by atoms with Gasteiger partial charge in [-0.1, -0.05) is 23.2 Å². The largest absolute Gasteiger partial charge is 0.488 e. The van der Waals surface area contributed by atoms with Crippen LogP contribution in [0.3, 0.4) is 0 Å². The van der Waals surface area contributed by atoms with Gasteiger partial charge in [-0.15, -0.1) is 0 Å². The lowest BCUT2D eigenvalue weighted by molar-refractivity contribution is 0.0692. The molecule has 0 amide bonds. The highest BCUT2D eigenvalue weighted by atomic mass is 35.5. The highest BCUT2D eigenvalue weighted by molar-refractivity contribution is 6.25. The summed E-state index contributed by atoms with van der Waals surface area (Å²) in [6.45, 7) is 3.93. The van der Waals surface area contributed by atoms with Crippen LogP contribution in [0.5, 0.6) is 5.75 Å².